The standard InChI is InChI=1S/C14H7ClF6/c15-12-7-9(3-6-11(12)14(19,20)21)8-1-4-10(5-2-8)13(16,17)18/h1-7H. The summed E-state index contributed by atoms with van der Waals surface area (Å²) in [4.78, 5) is 0. The van der Waals surface area contributed by atoms with Crippen LogP contribution in [0.3, 0.4) is 0 Å². The summed E-state index contributed by atoms with van der Waals surface area (Å²) in [6.07, 6.45) is -9.04. The molecule has 2 aromatic rings. The third-order valence-corrected chi connectivity index (χ3v) is 3.13. The summed E-state index contributed by atoms with van der Waals surface area (Å²) in [7, 11) is 0. The Morgan fingerprint density at radius 2 is 1.19 bits per heavy atom. The second-order valence-corrected chi connectivity index (χ2v) is 4.67. The van der Waals surface area contributed by atoms with Crippen LogP contribution < -0.4 is 0 Å². The number of alkyl halides is 6. The maximum absolute atomic E-state index is 12.6. The molecule has 21 heavy (non-hydrogen) atoms. The van der Waals surface area contributed by atoms with Crippen molar-refractivity contribution >= 4 is 11.6 Å². The van der Waals surface area contributed by atoms with E-state index in [4.69, 9.17) is 11.6 Å². The van der Waals surface area contributed by atoms with Gasteiger partial charge in [-0.3, -0.25) is 0 Å². The Kier molecular flexibility index (Phi) is 3.93. The van der Waals surface area contributed by atoms with Gasteiger partial charge in [-0.2, -0.15) is 26.3 Å². The van der Waals surface area contributed by atoms with Crippen LogP contribution in [0.2, 0.25) is 5.02 Å². The normalized spacial score (nSPS) is 12.5. The summed E-state index contributed by atoms with van der Waals surface area (Å²) in [5, 5.41) is -0.500. The molecule has 0 bridgehead atoms. The molecule has 2 rings (SSSR count). The zero-order valence-corrected chi connectivity index (χ0v) is 10.9. The molecule has 0 heterocycles. The van der Waals surface area contributed by atoms with Crippen molar-refractivity contribution in [2.24, 2.45) is 0 Å². The lowest BCUT2D eigenvalue weighted by atomic mass is 10.0. The monoisotopic (exact) mass is 324 g/mol. The molecule has 0 aliphatic carbocycles. The summed E-state index contributed by atoms with van der Waals surface area (Å²) in [6, 6.07) is 7.13. The fourth-order valence-corrected chi connectivity index (χ4v) is 2.06. The van der Waals surface area contributed by atoms with Gasteiger partial charge in [-0.25, -0.2) is 0 Å². The van der Waals surface area contributed by atoms with Gasteiger partial charge in [0.05, 0.1) is 16.1 Å². The van der Waals surface area contributed by atoms with Gasteiger partial charge in [0.1, 0.15) is 0 Å². The molecule has 0 aromatic heterocycles. The minimum atomic E-state index is -4.57. The van der Waals surface area contributed by atoms with Gasteiger partial charge in [0.2, 0.25) is 0 Å². The third kappa shape index (κ3) is 3.50. The fraction of sp³-hybridized carbons (Fsp3) is 0.143. The van der Waals surface area contributed by atoms with E-state index in [1.165, 1.54) is 12.1 Å². The number of hydrogen-bond donors (Lipinski definition) is 0. The maximum Gasteiger partial charge on any atom is 0.417 e. The average molecular weight is 325 g/mol. The van der Waals surface area contributed by atoms with Crippen LogP contribution in [0.25, 0.3) is 11.1 Å². The zero-order valence-electron chi connectivity index (χ0n) is 10.2. The van der Waals surface area contributed by atoms with Gasteiger partial charge >= 0.3 is 12.4 Å². The largest absolute Gasteiger partial charge is 0.417 e. The summed E-state index contributed by atoms with van der Waals surface area (Å²) in [6.45, 7) is 0. The highest BCUT2D eigenvalue weighted by molar-refractivity contribution is 6.31. The van der Waals surface area contributed by atoms with Crippen LogP contribution in [0.5, 0.6) is 0 Å². The summed E-state index contributed by atoms with van der Waals surface area (Å²) in [5.74, 6) is 0. The predicted octanol–water partition coefficient (Wildman–Crippen LogP) is 6.04. The first-order valence-electron chi connectivity index (χ1n) is 5.63. The van der Waals surface area contributed by atoms with Gasteiger partial charge < -0.3 is 0 Å². The fourth-order valence-electron chi connectivity index (χ4n) is 1.78. The zero-order chi connectivity index (χ0) is 15.8. The van der Waals surface area contributed by atoms with Crippen molar-refractivity contribution in [2.45, 2.75) is 12.4 Å². The molecule has 0 N–H and O–H groups in total. The summed E-state index contributed by atoms with van der Waals surface area (Å²) < 4.78 is 74.9. The quantitative estimate of drug-likeness (QED) is 0.561. The molecular weight excluding hydrogens is 318 g/mol. The Hall–Kier alpha value is -1.69. The molecule has 0 saturated carbocycles. The van der Waals surface area contributed by atoms with Crippen molar-refractivity contribution in [1.29, 1.82) is 0 Å². The first-order valence-corrected chi connectivity index (χ1v) is 6.01. The summed E-state index contributed by atoms with van der Waals surface area (Å²) in [5.41, 5.74) is -1.16. The van der Waals surface area contributed by atoms with E-state index in [1.807, 2.05) is 0 Å². The second kappa shape index (κ2) is 5.26. The van der Waals surface area contributed by atoms with Gasteiger partial charge in [-0.1, -0.05) is 29.8 Å². The van der Waals surface area contributed by atoms with Crippen molar-refractivity contribution in [1.82, 2.24) is 0 Å². The van der Waals surface area contributed by atoms with Crippen LogP contribution in [-0.4, -0.2) is 0 Å². The van der Waals surface area contributed by atoms with E-state index in [1.54, 1.807) is 0 Å². The highest BCUT2D eigenvalue weighted by atomic mass is 35.5. The summed E-state index contributed by atoms with van der Waals surface area (Å²) >= 11 is 5.57. The van der Waals surface area contributed by atoms with Crippen molar-refractivity contribution in [2.75, 3.05) is 0 Å². The highest BCUT2D eigenvalue weighted by Crippen LogP contribution is 2.37. The molecule has 0 unspecified atom stereocenters. The topological polar surface area (TPSA) is 0 Å². The van der Waals surface area contributed by atoms with E-state index in [0.717, 1.165) is 30.3 Å². The van der Waals surface area contributed by atoms with E-state index in [0.29, 0.717) is 11.1 Å². The molecular formula is C14H7ClF6. The van der Waals surface area contributed by atoms with Crippen molar-refractivity contribution < 1.29 is 26.3 Å². The van der Waals surface area contributed by atoms with Gasteiger partial charge in [0, 0.05) is 0 Å². The van der Waals surface area contributed by atoms with Crippen molar-refractivity contribution in [3.63, 3.8) is 0 Å². The predicted molar refractivity (Wildman–Crippen MR) is 66.9 cm³/mol. The molecule has 0 radical (unpaired) electrons. The average Bonchev–Trinajstić information content (AvgIpc) is 2.36. The Labute approximate surface area is 121 Å². The lowest BCUT2D eigenvalue weighted by Gasteiger charge is -2.11. The van der Waals surface area contributed by atoms with E-state index < -0.39 is 28.5 Å². The molecule has 0 atom stereocenters. The molecule has 0 nitrogen and oxygen atoms in total. The number of benzene rings is 2. The van der Waals surface area contributed by atoms with E-state index >= 15 is 0 Å². The number of rotatable bonds is 1. The maximum atomic E-state index is 12.6. The Bertz CT molecular complexity index is 640. The molecule has 0 aliphatic heterocycles. The van der Waals surface area contributed by atoms with E-state index in [2.05, 4.69) is 0 Å². The molecule has 0 aliphatic rings. The van der Waals surface area contributed by atoms with E-state index in [-0.39, 0.29) is 0 Å². The SMILES string of the molecule is FC(F)(F)c1ccc(-c2ccc(C(F)(F)F)c(Cl)c2)cc1. The Morgan fingerprint density at radius 1 is 0.667 bits per heavy atom. The molecule has 0 saturated heterocycles. The Balaban J connectivity index is 2.37. The van der Waals surface area contributed by atoms with Crippen molar-refractivity contribution in [3.8, 4) is 11.1 Å². The first-order chi connectivity index (χ1) is 9.59. The van der Waals surface area contributed by atoms with Gasteiger partial charge in [0.25, 0.3) is 0 Å². The van der Waals surface area contributed by atoms with Crippen LogP contribution in [0.15, 0.2) is 42.5 Å². The van der Waals surface area contributed by atoms with E-state index in [9.17, 15) is 26.3 Å². The molecule has 0 amide bonds. The van der Waals surface area contributed by atoms with Gasteiger partial charge in [-0.05, 0) is 35.4 Å². The van der Waals surface area contributed by atoms with Crippen molar-refractivity contribution in [3.05, 3.63) is 58.6 Å². The van der Waals surface area contributed by atoms with Crippen LogP contribution in [-0.2, 0) is 12.4 Å². The minimum Gasteiger partial charge on any atom is -0.166 e. The number of halogens is 7. The van der Waals surface area contributed by atoms with Crippen LogP contribution in [0.4, 0.5) is 26.3 Å². The molecule has 0 spiro atoms. The van der Waals surface area contributed by atoms with Crippen LogP contribution in [0, 0.1) is 0 Å². The molecule has 112 valence electrons. The molecule has 7 heteroatoms. The van der Waals surface area contributed by atoms with Gasteiger partial charge in [-0.15, -0.1) is 0 Å². The van der Waals surface area contributed by atoms with Gasteiger partial charge in [0.15, 0.2) is 0 Å². The first kappa shape index (κ1) is 15.7. The number of hydrogen-bond acceptors (Lipinski definition) is 0. The smallest absolute Gasteiger partial charge is 0.166 e. The lowest BCUT2D eigenvalue weighted by molar-refractivity contribution is -0.138. The molecule has 2 aromatic carbocycles. The Morgan fingerprint density at radius 3 is 1.62 bits per heavy atom. The minimum absolute atomic E-state index is 0.307. The van der Waals surface area contributed by atoms with Crippen LogP contribution >= 0.6 is 11.6 Å². The van der Waals surface area contributed by atoms with Crippen LogP contribution in [0.1, 0.15) is 11.1 Å². The highest BCUT2D eigenvalue weighted by Gasteiger charge is 2.33. The molecule has 0 fully saturated rings. The lowest BCUT2D eigenvalue weighted by Crippen LogP contribution is -2.05. The third-order valence-electron chi connectivity index (χ3n) is 2.82. The second-order valence-electron chi connectivity index (χ2n) is 4.27.